The molecule has 0 saturated heterocycles. The molecule has 2 unspecified atom stereocenters. The summed E-state index contributed by atoms with van der Waals surface area (Å²) in [7, 11) is -3.08. The van der Waals surface area contributed by atoms with Crippen molar-refractivity contribution in [3.63, 3.8) is 0 Å². The minimum absolute atomic E-state index is 0.169. The minimum atomic E-state index is -3.08. The van der Waals surface area contributed by atoms with E-state index in [0.717, 1.165) is 32.4 Å². The molecule has 0 bridgehead atoms. The van der Waals surface area contributed by atoms with Gasteiger partial charge in [-0.05, 0) is 38.3 Å². The van der Waals surface area contributed by atoms with Crippen molar-refractivity contribution in [1.29, 1.82) is 0 Å². The molecule has 0 radical (unpaired) electrons. The first-order chi connectivity index (χ1) is 8.03. The maximum Gasteiger partial charge on any atom is 0.211 e. The Morgan fingerprint density at radius 2 is 2.06 bits per heavy atom. The molecule has 1 aliphatic carbocycles. The molecular weight excluding hydrogens is 236 g/mol. The summed E-state index contributed by atoms with van der Waals surface area (Å²) in [6.45, 7) is 5.90. The predicted molar refractivity (Wildman–Crippen MR) is 71.5 cm³/mol. The Morgan fingerprint density at radius 1 is 1.29 bits per heavy atom. The first-order valence-corrected chi connectivity index (χ1v) is 8.39. The second-order valence-electron chi connectivity index (χ2n) is 5.11. The monoisotopic (exact) mass is 262 g/mol. The summed E-state index contributed by atoms with van der Waals surface area (Å²) in [4.78, 5) is 0. The normalized spacial score (nSPS) is 26.0. The van der Waals surface area contributed by atoms with Crippen molar-refractivity contribution in [3.8, 4) is 0 Å². The van der Waals surface area contributed by atoms with Gasteiger partial charge in [-0.25, -0.2) is 13.1 Å². The maximum atomic E-state index is 11.8. The Balaban J connectivity index is 2.27. The third-order valence-corrected chi connectivity index (χ3v) is 4.82. The summed E-state index contributed by atoms with van der Waals surface area (Å²) in [6, 6.07) is 0.169. The van der Waals surface area contributed by atoms with Crippen LogP contribution in [0.3, 0.4) is 0 Å². The van der Waals surface area contributed by atoms with Gasteiger partial charge in [0.15, 0.2) is 0 Å². The molecule has 0 aliphatic heterocycles. The lowest BCUT2D eigenvalue weighted by Gasteiger charge is -2.27. The number of rotatable bonds is 7. The molecule has 0 spiro atoms. The fourth-order valence-electron chi connectivity index (χ4n) is 2.42. The van der Waals surface area contributed by atoms with Crippen molar-refractivity contribution in [3.05, 3.63) is 0 Å². The summed E-state index contributed by atoms with van der Waals surface area (Å²) in [5, 5.41) is 3.14. The van der Waals surface area contributed by atoms with Crippen LogP contribution in [0.15, 0.2) is 0 Å². The van der Waals surface area contributed by atoms with Crippen LogP contribution in [0.4, 0.5) is 0 Å². The predicted octanol–water partition coefficient (Wildman–Crippen LogP) is 1.48. The molecule has 1 saturated carbocycles. The molecule has 0 heterocycles. The first kappa shape index (κ1) is 14.9. The van der Waals surface area contributed by atoms with E-state index in [0.29, 0.717) is 12.3 Å². The van der Waals surface area contributed by atoms with Crippen molar-refractivity contribution in [2.45, 2.75) is 52.0 Å². The quantitative estimate of drug-likeness (QED) is 0.683. The Bertz CT molecular complexity index is 304. The Morgan fingerprint density at radius 3 is 2.71 bits per heavy atom. The Labute approximate surface area is 106 Å². The topological polar surface area (TPSA) is 58.2 Å². The van der Waals surface area contributed by atoms with E-state index in [9.17, 15) is 8.42 Å². The molecule has 2 atom stereocenters. The van der Waals surface area contributed by atoms with Crippen molar-refractivity contribution in [2.24, 2.45) is 5.92 Å². The molecule has 1 rings (SSSR count). The molecule has 0 amide bonds. The van der Waals surface area contributed by atoms with Gasteiger partial charge in [0.25, 0.3) is 0 Å². The van der Waals surface area contributed by atoms with E-state index < -0.39 is 10.0 Å². The summed E-state index contributed by atoms with van der Waals surface area (Å²) in [5.41, 5.74) is 0. The van der Waals surface area contributed by atoms with Crippen molar-refractivity contribution in [1.82, 2.24) is 10.0 Å². The number of hydrogen-bond donors (Lipinski definition) is 2. The molecule has 5 heteroatoms. The van der Waals surface area contributed by atoms with Crippen LogP contribution < -0.4 is 10.0 Å². The van der Waals surface area contributed by atoms with Gasteiger partial charge in [0.2, 0.25) is 10.0 Å². The van der Waals surface area contributed by atoms with E-state index in [1.807, 2.05) is 6.92 Å². The lowest BCUT2D eigenvalue weighted by Crippen LogP contribution is -2.39. The highest BCUT2D eigenvalue weighted by Gasteiger charge is 2.22. The molecular formula is C12H26N2O2S. The Kier molecular flexibility index (Phi) is 6.44. The van der Waals surface area contributed by atoms with Crippen LogP contribution in [0.25, 0.3) is 0 Å². The van der Waals surface area contributed by atoms with Crippen molar-refractivity contribution >= 4 is 10.0 Å². The van der Waals surface area contributed by atoms with E-state index in [1.54, 1.807) is 0 Å². The second-order valence-corrected chi connectivity index (χ2v) is 6.99. The molecule has 17 heavy (non-hydrogen) atoms. The standard InChI is InChI=1S/C12H26N2O2S/c1-3-13-8-5-9-17(15,16)14-12-7-4-6-11(2)10-12/h11-14H,3-10H2,1-2H3. The van der Waals surface area contributed by atoms with Crippen LogP contribution >= 0.6 is 0 Å². The van der Waals surface area contributed by atoms with E-state index in [2.05, 4.69) is 17.0 Å². The molecule has 1 fully saturated rings. The lowest BCUT2D eigenvalue weighted by molar-refractivity contribution is 0.327. The van der Waals surface area contributed by atoms with Gasteiger partial charge in [0, 0.05) is 6.04 Å². The third kappa shape index (κ3) is 6.38. The van der Waals surface area contributed by atoms with Crippen molar-refractivity contribution in [2.75, 3.05) is 18.8 Å². The van der Waals surface area contributed by atoms with Gasteiger partial charge in [0.05, 0.1) is 5.75 Å². The average Bonchev–Trinajstić information content (AvgIpc) is 2.24. The van der Waals surface area contributed by atoms with Crippen LogP contribution in [0.1, 0.15) is 46.0 Å². The zero-order chi connectivity index (χ0) is 12.7. The summed E-state index contributed by atoms with van der Waals surface area (Å²) in [6.07, 6.45) is 5.05. The van der Waals surface area contributed by atoms with Gasteiger partial charge in [-0.3, -0.25) is 0 Å². The van der Waals surface area contributed by atoms with E-state index in [-0.39, 0.29) is 11.8 Å². The van der Waals surface area contributed by atoms with Gasteiger partial charge < -0.3 is 5.32 Å². The SMILES string of the molecule is CCNCCCS(=O)(=O)NC1CCCC(C)C1. The van der Waals surface area contributed by atoms with Crippen LogP contribution in [0, 0.1) is 5.92 Å². The molecule has 102 valence electrons. The zero-order valence-corrected chi connectivity index (χ0v) is 11.9. The van der Waals surface area contributed by atoms with E-state index >= 15 is 0 Å². The molecule has 2 N–H and O–H groups in total. The van der Waals surface area contributed by atoms with E-state index in [4.69, 9.17) is 0 Å². The van der Waals surface area contributed by atoms with Gasteiger partial charge >= 0.3 is 0 Å². The number of hydrogen-bond acceptors (Lipinski definition) is 3. The summed E-state index contributed by atoms with van der Waals surface area (Å²) < 4.78 is 26.5. The molecule has 0 aromatic heterocycles. The highest BCUT2D eigenvalue weighted by atomic mass is 32.2. The second kappa shape index (κ2) is 7.34. The molecule has 0 aromatic rings. The Hall–Kier alpha value is -0.130. The summed E-state index contributed by atoms with van der Waals surface area (Å²) in [5.74, 6) is 0.892. The maximum absolute atomic E-state index is 11.8. The van der Waals surface area contributed by atoms with Crippen LogP contribution in [0.2, 0.25) is 0 Å². The fourth-order valence-corrected chi connectivity index (χ4v) is 3.78. The van der Waals surface area contributed by atoms with Gasteiger partial charge in [-0.2, -0.15) is 0 Å². The van der Waals surface area contributed by atoms with Crippen molar-refractivity contribution < 1.29 is 8.42 Å². The van der Waals surface area contributed by atoms with E-state index in [1.165, 1.54) is 6.42 Å². The average molecular weight is 262 g/mol. The largest absolute Gasteiger partial charge is 0.317 e. The van der Waals surface area contributed by atoms with Crippen LogP contribution in [-0.2, 0) is 10.0 Å². The highest BCUT2D eigenvalue weighted by Crippen LogP contribution is 2.23. The van der Waals surface area contributed by atoms with Crippen LogP contribution in [0.5, 0.6) is 0 Å². The smallest absolute Gasteiger partial charge is 0.211 e. The molecule has 4 nitrogen and oxygen atoms in total. The third-order valence-electron chi connectivity index (χ3n) is 3.30. The van der Waals surface area contributed by atoms with Gasteiger partial charge in [-0.1, -0.05) is 26.7 Å². The minimum Gasteiger partial charge on any atom is -0.317 e. The molecule has 0 aromatic carbocycles. The van der Waals surface area contributed by atoms with Gasteiger partial charge in [-0.15, -0.1) is 0 Å². The van der Waals surface area contributed by atoms with Gasteiger partial charge in [0.1, 0.15) is 0 Å². The number of sulfonamides is 1. The number of nitrogens with one attached hydrogen (secondary N) is 2. The molecule has 1 aliphatic rings. The highest BCUT2D eigenvalue weighted by molar-refractivity contribution is 7.89. The first-order valence-electron chi connectivity index (χ1n) is 6.74. The van der Waals surface area contributed by atoms with Crippen LogP contribution in [-0.4, -0.2) is 33.3 Å². The zero-order valence-electron chi connectivity index (χ0n) is 11.0. The lowest BCUT2D eigenvalue weighted by atomic mass is 9.88. The fraction of sp³-hybridized carbons (Fsp3) is 1.00. The summed E-state index contributed by atoms with van der Waals surface area (Å²) >= 11 is 0.